The molecular formula is C22H47NO5Si2. The summed E-state index contributed by atoms with van der Waals surface area (Å²) in [5.74, 6) is 0. The molecule has 0 aliphatic heterocycles. The summed E-state index contributed by atoms with van der Waals surface area (Å²) in [5.41, 5.74) is 0.753. The fourth-order valence-corrected chi connectivity index (χ4v) is 4.52. The molecule has 6 nitrogen and oxygen atoms in total. The van der Waals surface area contributed by atoms with Gasteiger partial charge in [0.2, 0.25) is 0 Å². The van der Waals surface area contributed by atoms with Crippen LogP contribution in [0.1, 0.15) is 41.0 Å². The van der Waals surface area contributed by atoms with Crippen molar-refractivity contribution < 1.29 is 23.4 Å². The van der Waals surface area contributed by atoms with Crippen molar-refractivity contribution in [3.05, 3.63) is 11.8 Å². The van der Waals surface area contributed by atoms with Crippen LogP contribution in [0, 0.1) is 0 Å². The zero-order valence-electron chi connectivity index (χ0n) is 21.4. The van der Waals surface area contributed by atoms with E-state index in [0.29, 0.717) is 13.2 Å². The second kappa shape index (κ2) is 13.0. The van der Waals surface area contributed by atoms with E-state index >= 15 is 0 Å². The van der Waals surface area contributed by atoms with E-state index in [1.54, 1.807) is 4.90 Å². The fourth-order valence-electron chi connectivity index (χ4n) is 2.42. The van der Waals surface area contributed by atoms with Crippen LogP contribution in [-0.4, -0.2) is 67.1 Å². The summed E-state index contributed by atoms with van der Waals surface area (Å²) in [6, 6.07) is 1.10. The SMILES string of the molecule is CCC(C=C(COCOCC[Si](C)(C)C)N(CC)C(=O)OC)O[Si](C)(C)C(C)(C)C. The minimum Gasteiger partial charge on any atom is -0.452 e. The third-order valence-corrected chi connectivity index (χ3v) is 11.7. The van der Waals surface area contributed by atoms with Crippen LogP contribution in [0.2, 0.25) is 43.8 Å². The normalized spacial score (nSPS) is 14.6. The van der Waals surface area contributed by atoms with E-state index in [4.69, 9.17) is 18.6 Å². The van der Waals surface area contributed by atoms with Gasteiger partial charge in [0, 0.05) is 26.9 Å². The van der Waals surface area contributed by atoms with Crippen LogP contribution in [0.3, 0.4) is 0 Å². The number of methoxy groups -OCH3 is 1. The van der Waals surface area contributed by atoms with Crippen LogP contribution in [-0.2, 0) is 18.6 Å². The van der Waals surface area contributed by atoms with Crippen LogP contribution < -0.4 is 0 Å². The maximum Gasteiger partial charge on any atom is 0.413 e. The van der Waals surface area contributed by atoms with Crippen molar-refractivity contribution in [2.45, 2.75) is 91.0 Å². The molecule has 0 aliphatic rings. The molecule has 0 aromatic heterocycles. The van der Waals surface area contributed by atoms with E-state index in [1.807, 2.05) is 13.0 Å². The Kier molecular flexibility index (Phi) is 12.7. The molecule has 1 atom stereocenters. The molecule has 30 heavy (non-hydrogen) atoms. The summed E-state index contributed by atoms with van der Waals surface area (Å²) in [6.45, 7) is 23.8. The predicted octanol–water partition coefficient (Wildman–Crippen LogP) is 6.09. The number of carbonyl (C=O) groups excluding carboxylic acids is 1. The second-order valence-corrected chi connectivity index (χ2v) is 20.8. The molecule has 0 bridgehead atoms. The maximum absolute atomic E-state index is 12.3. The number of rotatable bonds is 13. The topological polar surface area (TPSA) is 57.2 Å². The van der Waals surface area contributed by atoms with E-state index in [9.17, 15) is 4.79 Å². The van der Waals surface area contributed by atoms with E-state index in [2.05, 4.69) is 60.4 Å². The lowest BCUT2D eigenvalue weighted by atomic mass is 10.2. The molecule has 0 radical (unpaired) electrons. The Labute approximate surface area is 187 Å². The molecule has 1 unspecified atom stereocenters. The van der Waals surface area contributed by atoms with Gasteiger partial charge in [-0.3, -0.25) is 4.90 Å². The van der Waals surface area contributed by atoms with Gasteiger partial charge in [-0.15, -0.1) is 0 Å². The molecule has 178 valence electrons. The highest BCUT2D eigenvalue weighted by molar-refractivity contribution is 6.76. The molecule has 0 aromatic carbocycles. The van der Waals surface area contributed by atoms with Gasteiger partial charge >= 0.3 is 6.09 Å². The third kappa shape index (κ3) is 11.1. The summed E-state index contributed by atoms with van der Waals surface area (Å²) in [7, 11) is -1.67. The van der Waals surface area contributed by atoms with Crippen LogP contribution in [0.4, 0.5) is 4.79 Å². The summed E-state index contributed by atoms with van der Waals surface area (Å²) < 4.78 is 22.9. The van der Waals surface area contributed by atoms with Crippen LogP contribution in [0.5, 0.6) is 0 Å². The van der Waals surface area contributed by atoms with Crippen molar-refractivity contribution in [3.63, 3.8) is 0 Å². The number of carbonyl (C=O) groups is 1. The lowest BCUT2D eigenvalue weighted by molar-refractivity contribution is -0.0457. The average Bonchev–Trinajstić information content (AvgIpc) is 2.61. The van der Waals surface area contributed by atoms with Crippen LogP contribution in [0.15, 0.2) is 11.8 Å². The summed E-state index contributed by atoms with van der Waals surface area (Å²) in [5, 5.41) is 0.113. The smallest absolute Gasteiger partial charge is 0.413 e. The van der Waals surface area contributed by atoms with Crippen molar-refractivity contribution >= 4 is 22.5 Å². The Morgan fingerprint density at radius 2 is 1.67 bits per heavy atom. The number of nitrogens with zero attached hydrogens (tertiary/aromatic N) is 1. The fraction of sp³-hybridized carbons (Fsp3) is 0.864. The minimum atomic E-state index is -1.94. The minimum absolute atomic E-state index is 0.0870. The summed E-state index contributed by atoms with van der Waals surface area (Å²) in [6.07, 6.45) is 2.36. The first-order valence-corrected chi connectivity index (χ1v) is 17.7. The van der Waals surface area contributed by atoms with E-state index in [1.165, 1.54) is 7.11 Å². The number of likely N-dealkylation sites (N-methyl/N-ethyl adjacent to an activating group) is 1. The molecule has 0 heterocycles. The van der Waals surface area contributed by atoms with Gasteiger partial charge in [0.15, 0.2) is 8.32 Å². The molecule has 0 saturated heterocycles. The van der Waals surface area contributed by atoms with Gasteiger partial charge in [-0.25, -0.2) is 4.79 Å². The van der Waals surface area contributed by atoms with Crippen LogP contribution in [0.25, 0.3) is 0 Å². The Morgan fingerprint density at radius 3 is 2.10 bits per heavy atom. The lowest BCUT2D eigenvalue weighted by Crippen LogP contribution is -2.44. The van der Waals surface area contributed by atoms with Crippen molar-refractivity contribution in [1.29, 1.82) is 0 Å². The molecule has 0 rings (SSSR count). The Morgan fingerprint density at radius 1 is 1.07 bits per heavy atom. The molecule has 0 spiro atoms. The first-order chi connectivity index (χ1) is 13.7. The Hall–Kier alpha value is -0.676. The molecule has 0 fully saturated rings. The van der Waals surface area contributed by atoms with Crippen molar-refractivity contribution in [2.24, 2.45) is 0 Å². The second-order valence-electron chi connectivity index (χ2n) is 10.4. The van der Waals surface area contributed by atoms with Gasteiger partial charge in [-0.1, -0.05) is 47.3 Å². The van der Waals surface area contributed by atoms with E-state index in [-0.39, 0.29) is 24.5 Å². The van der Waals surface area contributed by atoms with Crippen LogP contribution >= 0.6 is 0 Å². The Bertz CT molecular complexity index is 539. The summed E-state index contributed by atoms with van der Waals surface area (Å²) in [4.78, 5) is 13.9. The first-order valence-electron chi connectivity index (χ1n) is 11.1. The zero-order chi connectivity index (χ0) is 23.6. The molecular weight excluding hydrogens is 414 g/mol. The van der Waals surface area contributed by atoms with Gasteiger partial charge in [-0.2, -0.15) is 0 Å². The van der Waals surface area contributed by atoms with Crippen molar-refractivity contribution in [2.75, 3.05) is 33.7 Å². The average molecular weight is 462 g/mol. The van der Waals surface area contributed by atoms with Gasteiger partial charge in [-0.05, 0) is 43.6 Å². The standard InChI is InChI=1S/C22H47NO5Si2/c1-12-20(28-30(10,11)22(3,4)5)16-19(23(13-2)21(24)25-6)17-27-18-26-14-15-29(7,8)9/h16,20H,12-15,17-18H2,1-11H3. The lowest BCUT2D eigenvalue weighted by Gasteiger charge is -2.39. The third-order valence-electron chi connectivity index (χ3n) is 5.50. The number of hydrogen-bond acceptors (Lipinski definition) is 5. The van der Waals surface area contributed by atoms with Gasteiger partial charge < -0.3 is 18.6 Å². The monoisotopic (exact) mass is 461 g/mol. The van der Waals surface area contributed by atoms with Gasteiger partial charge in [0.25, 0.3) is 0 Å². The molecule has 8 heteroatoms. The first kappa shape index (κ1) is 29.3. The predicted molar refractivity (Wildman–Crippen MR) is 130 cm³/mol. The van der Waals surface area contributed by atoms with Crippen molar-refractivity contribution in [1.82, 2.24) is 4.90 Å². The number of amides is 1. The highest BCUT2D eigenvalue weighted by Gasteiger charge is 2.38. The maximum atomic E-state index is 12.3. The number of hydrogen-bond donors (Lipinski definition) is 0. The molecule has 0 saturated carbocycles. The van der Waals surface area contributed by atoms with E-state index in [0.717, 1.165) is 18.2 Å². The molecule has 0 aromatic rings. The van der Waals surface area contributed by atoms with Gasteiger partial charge in [0.05, 0.1) is 19.8 Å². The Balaban J connectivity index is 5.29. The quantitative estimate of drug-likeness (QED) is 0.189. The summed E-state index contributed by atoms with van der Waals surface area (Å²) >= 11 is 0. The molecule has 0 N–H and O–H groups in total. The largest absolute Gasteiger partial charge is 0.452 e. The van der Waals surface area contributed by atoms with Crippen molar-refractivity contribution in [3.8, 4) is 0 Å². The molecule has 0 aliphatic carbocycles. The molecule has 1 amide bonds. The highest BCUT2D eigenvalue weighted by atomic mass is 28.4. The van der Waals surface area contributed by atoms with E-state index < -0.39 is 22.5 Å². The van der Waals surface area contributed by atoms with Gasteiger partial charge in [0.1, 0.15) is 6.79 Å². The zero-order valence-corrected chi connectivity index (χ0v) is 23.4. The number of ether oxygens (including phenoxy) is 3. The highest BCUT2D eigenvalue weighted by Crippen LogP contribution is 2.37.